The third-order valence-corrected chi connectivity index (χ3v) is 2.23. The molecule has 1 atom stereocenters. The fraction of sp³-hybridized carbons (Fsp3) is 0.417. The molecule has 0 saturated carbocycles. The number of nitrogens with one attached hydrogen (secondary N) is 1. The Morgan fingerprint density at radius 2 is 2.29 bits per heavy atom. The molecular weight excluding hydrogens is 172 g/mol. The Labute approximate surface area is 85.6 Å². The van der Waals surface area contributed by atoms with Crippen molar-refractivity contribution in [1.29, 1.82) is 5.26 Å². The van der Waals surface area contributed by atoms with Gasteiger partial charge in [-0.3, -0.25) is 0 Å². The topological polar surface area (TPSA) is 35.8 Å². The second kappa shape index (κ2) is 5.41. The van der Waals surface area contributed by atoms with Gasteiger partial charge in [0.05, 0.1) is 6.07 Å². The van der Waals surface area contributed by atoms with Crippen LogP contribution in [0.1, 0.15) is 30.5 Å². The maximum atomic E-state index is 8.40. The van der Waals surface area contributed by atoms with E-state index in [-0.39, 0.29) is 0 Å². The highest BCUT2D eigenvalue weighted by atomic mass is 14.9. The monoisotopic (exact) mass is 188 g/mol. The zero-order valence-corrected chi connectivity index (χ0v) is 8.75. The highest BCUT2D eigenvalue weighted by Gasteiger charge is 2.03. The Morgan fingerprint density at radius 1 is 1.50 bits per heavy atom. The molecule has 0 saturated heterocycles. The average molecular weight is 188 g/mol. The molecule has 1 unspecified atom stereocenters. The van der Waals surface area contributed by atoms with Crippen LogP contribution >= 0.6 is 0 Å². The Balaban J connectivity index is 2.52. The molecule has 1 N–H and O–H groups in total. The van der Waals surface area contributed by atoms with Crippen LogP contribution < -0.4 is 5.32 Å². The molecule has 2 heteroatoms. The Bertz CT molecular complexity index is 325. The fourth-order valence-corrected chi connectivity index (χ4v) is 1.40. The van der Waals surface area contributed by atoms with Crippen molar-refractivity contribution < 1.29 is 0 Å². The lowest BCUT2D eigenvalue weighted by Crippen LogP contribution is -2.19. The zero-order valence-electron chi connectivity index (χ0n) is 8.75. The molecule has 74 valence electrons. The van der Waals surface area contributed by atoms with Crippen LogP contribution in [0.25, 0.3) is 0 Å². The van der Waals surface area contributed by atoms with Crippen molar-refractivity contribution in [3.8, 4) is 6.07 Å². The summed E-state index contributed by atoms with van der Waals surface area (Å²) >= 11 is 0. The number of benzene rings is 1. The number of nitriles is 1. The number of hydrogen-bond donors (Lipinski definition) is 1. The number of rotatable bonds is 4. The van der Waals surface area contributed by atoms with Gasteiger partial charge in [0, 0.05) is 19.0 Å². The van der Waals surface area contributed by atoms with Gasteiger partial charge in [-0.2, -0.15) is 5.26 Å². The van der Waals surface area contributed by atoms with Crippen molar-refractivity contribution in [3.63, 3.8) is 0 Å². The van der Waals surface area contributed by atoms with Crippen molar-refractivity contribution in [2.24, 2.45) is 0 Å². The van der Waals surface area contributed by atoms with Crippen molar-refractivity contribution in [2.45, 2.75) is 26.3 Å². The van der Waals surface area contributed by atoms with Crippen LogP contribution in [0.3, 0.4) is 0 Å². The molecule has 0 heterocycles. The van der Waals surface area contributed by atoms with Crippen LogP contribution in [0.15, 0.2) is 24.3 Å². The lowest BCUT2D eigenvalue weighted by atomic mass is 10.1. The van der Waals surface area contributed by atoms with Gasteiger partial charge in [-0.15, -0.1) is 0 Å². The van der Waals surface area contributed by atoms with E-state index in [1.165, 1.54) is 11.1 Å². The second-order valence-electron chi connectivity index (χ2n) is 3.50. The van der Waals surface area contributed by atoms with Crippen LogP contribution in [0.4, 0.5) is 0 Å². The van der Waals surface area contributed by atoms with E-state index in [2.05, 4.69) is 49.5 Å². The lowest BCUT2D eigenvalue weighted by molar-refractivity contribution is 0.583. The summed E-state index contributed by atoms with van der Waals surface area (Å²) in [4.78, 5) is 0. The summed E-state index contributed by atoms with van der Waals surface area (Å²) in [5.74, 6) is 0. The molecule has 0 radical (unpaired) electrons. The van der Waals surface area contributed by atoms with Gasteiger partial charge in [0.1, 0.15) is 0 Å². The molecule has 14 heavy (non-hydrogen) atoms. The van der Waals surface area contributed by atoms with Gasteiger partial charge in [-0.05, 0) is 19.4 Å². The maximum Gasteiger partial charge on any atom is 0.0635 e. The highest BCUT2D eigenvalue weighted by molar-refractivity contribution is 5.24. The van der Waals surface area contributed by atoms with E-state index in [0.717, 1.165) is 6.54 Å². The molecule has 0 aromatic heterocycles. The summed E-state index contributed by atoms with van der Waals surface area (Å²) in [5, 5.41) is 11.7. The standard InChI is InChI=1S/C12H16N2/c1-10-5-3-6-12(9-10)11(2)14-8-4-7-13/h3,5-6,9,11,14H,4,8H2,1-2H3. The van der Waals surface area contributed by atoms with Crippen molar-refractivity contribution >= 4 is 0 Å². The first-order valence-corrected chi connectivity index (χ1v) is 4.91. The smallest absolute Gasteiger partial charge is 0.0635 e. The first-order valence-electron chi connectivity index (χ1n) is 4.91. The Morgan fingerprint density at radius 3 is 2.93 bits per heavy atom. The number of aryl methyl sites for hydroxylation is 1. The summed E-state index contributed by atoms with van der Waals surface area (Å²) in [5.41, 5.74) is 2.55. The minimum atomic E-state index is 0.322. The van der Waals surface area contributed by atoms with Crippen LogP contribution in [0.5, 0.6) is 0 Å². The van der Waals surface area contributed by atoms with Gasteiger partial charge in [0.15, 0.2) is 0 Å². The second-order valence-corrected chi connectivity index (χ2v) is 3.50. The predicted octanol–water partition coefficient (Wildman–Crippen LogP) is 2.56. The highest BCUT2D eigenvalue weighted by Crippen LogP contribution is 2.13. The van der Waals surface area contributed by atoms with Gasteiger partial charge >= 0.3 is 0 Å². The van der Waals surface area contributed by atoms with Crippen LogP contribution in [0.2, 0.25) is 0 Å². The third-order valence-electron chi connectivity index (χ3n) is 2.23. The van der Waals surface area contributed by atoms with E-state index >= 15 is 0 Å². The number of nitrogens with zero attached hydrogens (tertiary/aromatic N) is 1. The fourth-order valence-electron chi connectivity index (χ4n) is 1.40. The molecule has 0 fully saturated rings. The molecular formula is C12H16N2. The van der Waals surface area contributed by atoms with E-state index in [9.17, 15) is 0 Å². The molecule has 2 nitrogen and oxygen atoms in total. The van der Waals surface area contributed by atoms with E-state index in [1.54, 1.807) is 0 Å². The quantitative estimate of drug-likeness (QED) is 0.737. The molecule has 0 aliphatic carbocycles. The average Bonchev–Trinajstić information content (AvgIpc) is 2.18. The molecule has 1 rings (SSSR count). The molecule has 0 spiro atoms. The van der Waals surface area contributed by atoms with E-state index < -0.39 is 0 Å². The van der Waals surface area contributed by atoms with E-state index in [1.807, 2.05) is 0 Å². The van der Waals surface area contributed by atoms with Crippen molar-refractivity contribution in [1.82, 2.24) is 5.32 Å². The normalized spacial score (nSPS) is 12.1. The largest absolute Gasteiger partial charge is 0.309 e. The Kier molecular flexibility index (Phi) is 4.15. The van der Waals surface area contributed by atoms with Gasteiger partial charge in [-0.1, -0.05) is 29.8 Å². The van der Waals surface area contributed by atoms with Gasteiger partial charge < -0.3 is 5.32 Å². The summed E-state index contributed by atoms with van der Waals surface area (Å²) in [7, 11) is 0. The Hall–Kier alpha value is -1.33. The van der Waals surface area contributed by atoms with Crippen LogP contribution in [-0.2, 0) is 0 Å². The lowest BCUT2D eigenvalue weighted by Gasteiger charge is -2.13. The zero-order chi connectivity index (χ0) is 10.4. The summed E-state index contributed by atoms with van der Waals surface area (Å²) in [6.45, 7) is 4.96. The first-order chi connectivity index (χ1) is 6.74. The van der Waals surface area contributed by atoms with Crippen LogP contribution in [-0.4, -0.2) is 6.54 Å². The van der Waals surface area contributed by atoms with Gasteiger partial charge in [-0.25, -0.2) is 0 Å². The minimum absolute atomic E-state index is 0.322. The molecule has 0 aliphatic heterocycles. The summed E-state index contributed by atoms with van der Waals surface area (Å²) in [6.07, 6.45) is 0.566. The molecule has 0 aliphatic rings. The third kappa shape index (κ3) is 3.20. The molecule has 1 aromatic carbocycles. The summed E-state index contributed by atoms with van der Waals surface area (Å²) < 4.78 is 0. The molecule has 1 aromatic rings. The van der Waals surface area contributed by atoms with E-state index in [4.69, 9.17) is 5.26 Å². The first kappa shape index (κ1) is 10.7. The summed E-state index contributed by atoms with van der Waals surface area (Å²) in [6, 6.07) is 10.9. The van der Waals surface area contributed by atoms with Gasteiger partial charge in [0.2, 0.25) is 0 Å². The van der Waals surface area contributed by atoms with Crippen molar-refractivity contribution in [2.75, 3.05) is 6.54 Å². The molecule has 0 bridgehead atoms. The predicted molar refractivity (Wildman–Crippen MR) is 57.8 cm³/mol. The molecule has 0 amide bonds. The van der Waals surface area contributed by atoms with E-state index in [0.29, 0.717) is 12.5 Å². The van der Waals surface area contributed by atoms with Crippen molar-refractivity contribution in [3.05, 3.63) is 35.4 Å². The SMILES string of the molecule is Cc1cccc(C(C)NCCC#N)c1. The van der Waals surface area contributed by atoms with Crippen LogP contribution in [0, 0.1) is 18.3 Å². The maximum absolute atomic E-state index is 8.40. The minimum Gasteiger partial charge on any atom is -0.309 e. The van der Waals surface area contributed by atoms with Gasteiger partial charge in [0.25, 0.3) is 0 Å². The number of hydrogen-bond acceptors (Lipinski definition) is 2.